The van der Waals surface area contributed by atoms with Gasteiger partial charge in [0, 0.05) is 0 Å². The predicted molar refractivity (Wildman–Crippen MR) is 57.8 cm³/mol. The highest BCUT2D eigenvalue weighted by atomic mass is 16.4. The molecule has 0 aliphatic carbocycles. The molecule has 0 radical (unpaired) electrons. The van der Waals surface area contributed by atoms with Crippen molar-refractivity contribution < 1.29 is 15.0 Å². The third-order valence-corrected chi connectivity index (χ3v) is 1.11. The van der Waals surface area contributed by atoms with Crippen molar-refractivity contribution in [2.75, 3.05) is 0 Å². The van der Waals surface area contributed by atoms with E-state index in [9.17, 15) is 4.79 Å². The number of phenolic OH excluding ortho intramolecular Hbond substituents is 1. The Labute approximate surface area is 85.0 Å². The van der Waals surface area contributed by atoms with Gasteiger partial charge < -0.3 is 10.2 Å². The Morgan fingerprint density at radius 3 is 1.64 bits per heavy atom. The SMILES string of the molecule is CC.CC.O=C(O)c1ccc(O)cc1. The second-order valence-corrected chi connectivity index (χ2v) is 1.85. The Balaban J connectivity index is 0. The standard InChI is InChI=1S/C7H6O3.2C2H6/c8-6-3-1-5(2-4-6)7(9)10;2*1-2/h1-4,8H,(H,9,10);2*1-2H3. The summed E-state index contributed by atoms with van der Waals surface area (Å²) in [7, 11) is 0. The van der Waals surface area contributed by atoms with Crippen LogP contribution < -0.4 is 0 Å². The van der Waals surface area contributed by atoms with Crippen molar-refractivity contribution >= 4 is 5.97 Å². The molecule has 0 unspecified atom stereocenters. The zero-order chi connectivity index (χ0) is 11.6. The molecule has 0 saturated carbocycles. The Bertz CT molecular complexity index is 239. The van der Waals surface area contributed by atoms with Crippen molar-refractivity contribution in [3.05, 3.63) is 29.8 Å². The number of hydrogen-bond acceptors (Lipinski definition) is 2. The highest BCUT2D eigenvalue weighted by Gasteiger charge is 1.99. The monoisotopic (exact) mass is 198 g/mol. The van der Waals surface area contributed by atoms with E-state index in [-0.39, 0.29) is 11.3 Å². The first-order chi connectivity index (χ1) is 6.70. The number of carboxylic acids is 1. The van der Waals surface area contributed by atoms with Crippen LogP contribution in [0.1, 0.15) is 38.1 Å². The molecular weight excluding hydrogens is 180 g/mol. The van der Waals surface area contributed by atoms with Crippen LogP contribution in [0.5, 0.6) is 5.75 Å². The van der Waals surface area contributed by atoms with Gasteiger partial charge in [0.15, 0.2) is 0 Å². The van der Waals surface area contributed by atoms with Crippen LogP contribution >= 0.6 is 0 Å². The number of aromatic hydroxyl groups is 1. The summed E-state index contributed by atoms with van der Waals surface area (Å²) in [5, 5.41) is 17.1. The first-order valence-corrected chi connectivity index (χ1v) is 4.72. The molecule has 1 rings (SSSR count). The average Bonchev–Trinajstić information content (AvgIpc) is 2.24. The van der Waals surface area contributed by atoms with Crippen molar-refractivity contribution in [1.29, 1.82) is 0 Å². The number of rotatable bonds is 1. The van der Waals surface area contributed by atoms with Gasteiger partial charge in [-0.05, 0) is 24.3 Å². The molecule has 0 spiro atoms. The highest BCUT2D eigenvalue weighted by Crippen LogP contribution is 2.08. The van der Waals surface area contributed by atoms with E-state index in [0.717, 1.165) is 0 Å². The molecule has 1 aromatic rings. The Morgan fingerprint density at radius 2 is 1.36 bits per heavy atom. The lowest BCUT2D eigenvalue weighted by atomic mass is 10.2. The minimum Gasteiger partial charge on any atom is -0.508 e. The molecule has 0 heterocycles. The molecule has 1 aromatic carbocycles. The molecule has 0 bridgehead atoms. The molecule has 2 N–H and O–H groups in total. The second-order valence-electron chi connectivity index (χ2n) is 1.85. The predicted octanol–water partition coefficient (Wildman–Crippen LogP) is 3.14. The van der Waals surface area contributed by atoms with E-state index < -0.39 is 5.97 Å². The molecular formula is C11H18O3. The zero-order valence-electron chi connectivity index (χ0n) is 9.11. The summed E-state index contributed by atoms with van der Waals surface area (Å²) in [5.41, 5.74) is 0.179. The summed E-state index contributed by atoms with van der Waals surface area (Å²) < 4.78 is 0. The van der Waals surface area contributed by atoms with Gasteiger partial charge in [-0.2, -0.15) is 0 Å². The molecule has 3 heteroatoms. The van der Waals surface area contributed by atoms with Crippen molar-refractivity contribution in [3.8, 4) is 5.75 Å². The fraction of sp³-hybridized carbons (Fsp3) is 0.364. The number of carbonyl (C=O) groups is 1. The van der Waals surface area contributed by atoms with Gasteiger partial charge >= 0.3 is 5.97 Å². The first kappa shape index (κ1) is 15.0. The van der Waals surface area contributed by atoms with E-state index in [1.807, 2.05) is 27.7 Å². The van der Waals surface area contributed by atoms with Crippen LogP contribution in [-0.2, 0) is 0 Å². The van der Waals surface area contributed by atoms with Crippen LogP contribution in [0, 0.1) is 0 Å². The third kappa shape index (κ3) is 6.06. The van der Waals surface area contributed by atoms with Crippen LogP contribution in [0.15, 0.2) is 24.3 Å². The fourth-order valence-corrected chi connectivity index (χ4v) is 0.604. The lowest BCUT2D eigenvalue weighted by molar-refractivity contribution is 0.0697. The largest absolute Gasteiger partial charge is 0.508 e. The van der Waals surface area contributed by atoms with Crippen LogP contribution in [-0.4, -0.2) is 16.2 Å². The average molecular weight is 198 g/mol. The normalized spacial score (nSPS) is 7.43. The molecule has 14 heavy (non-hydrogen) atoms. The Kier molecular flexibility index (Phi) is 10.3. The highest BCUT2D eigenvalue weighted by molar-refractivity contribution is 5.87. The summed E-state index contributed by atoms with van der Waals surface area (Å²) in [5.74, 6) is -0.912. The van der Waals surface area contributed by atoms with Gasteiger partial charge in [0.25, 0.3) is 0 Å². The van der Waals surface area contributed by atoms with Gasteiger partial charge in [-0.3, -0.25) is 0 Å². The summed E-state index contributed by atoms with van der Waals surface area (Å²) >= 11 is 0. The maximum Gasteiger partial charge on any atom is 0.335 e. The molecule has 0 saturated heterocycles. The molecule has 0 amide bonds. The number of hydrogen-bond donors (Lipinski definition) is 2. The van der Waals surface area contributed by atoms with Gasteiger partial charge in [-0.1, -0.05) is 27.7 Å². The molecule has 0 atom stereocenters. The topological polar surface area (TPSA) is 57.5 Å². The number of phenols is 1. The van der Waals surface area contributed by atoms with Crippen molar-refractivity contribution in [2.24, 2.45) is 0 Å². The van der Waals surface area contributed by atoms with Gasteiger partial charge in [0.05, 0.1) is 5.56 Å². The van der Waals surface area contributed by atoms with Gasteiger partial charge in [-0.25, -0.2) is 4.79 Å². The maximum absolute atomic E-state index is 10.2. The van der Waals surface area contributed by atoms with Crippen LogP contribution in [0.3, 0.4) is 0 Å². The van der Waals surface area contributed by atoms with Gasteiger partial charge in [0.1, 0.15) is 5.75 Å². The fourth-order valence-electron chi connectivity index (χ4n) is 0.604. The maximum atomic E-state index is 10.2. The Morgan fingerprint density at radius 1 is 1.00 bits per heavy atom. The van der Waals surface area contributed by atoms with E-state index in [0.29, 0.717) is 0 Å². The number of benzene rings is 1. The van der Waals surface area contributed by atoms with Crippen LogP contribution in [0.2, 0.25) is 0 Å². The Hall–Kier alpha value is -1.51. The van der Waals surface area contributed by atoms with Gasteiger partial charge in [0.2, 0.25) is 0 Å². The number of aromatic carboxylic acids is 1. The lowest BCUT2D eigenvalue weighted by Gasteiger charge is -1.92. The summed E-state index contributed by atoms with van der Waals surface area (Å²) in [6.45, 7) is 8.00. The minimum atomic E-state index is -0.986. The van der Waals surface area contributed by atoms with Crippen molar-refractivity contribution in [2.45, 2.75) is 27.7 Å². The zero-order valence-corrected chi connectivity index (χ0v) is 9.11. The third-order valence-electron chi connectivity index (χ3n) is 1.11. The van der Waals surface area contributed by atoms with E-state index in [1.54, 1.807) is 0 Å². The molecule has 0 aromatic heterocycles. The first-order valence-electron chi connectivity index (χ1n) is 4.72. The molecule has 80 valence electrons. The van der Waals surface area contributed by atoms with Crippen molar-refractivity contribution in [1.82, 2.24) is 0 Å². The van der Waals surface area contributed by atoms with E-state index in [4.69, 9.17) is 10.2 Å². The van der Waals surface area contributed by atoms with Crippen molar-refractivity contribution in [3.63, 3.8) is 0 Å². The van der Waals surface area contributed by atoms with E-state index in [2.05, 4.69) is 0 Å². The molecule has 0 fully saturated rings. The second kappa shape index (κ2) is 9.58. The molecule has 0 aliphatic heterocycles. The molecule has 3 nitrogen and oxygen atoms in total. The van der Waals surface area contributed by atoms with Crippen LogP contribution in [0.25, 0.3) is 0 Å². The summed E-state index contributed by atoms with van der Waals surface area (Å²) in [4.78, 5) is 10.2. The molecule has 0 aliphatic rings. The summed E-state index contributed by atoms with van der Waals surface area (Å²) in [6, 6.07) is 5.36. The van der Waals surface area contributed by atoms with E-state index >= 15 is 0 Å². The van der Waals surface area contributed by atoms with Crippen LogP contribution in [0.4, 0.5) is 0 Å². The summed E-state index contributed by atoms with van der Waals surface area (Å²) in [6.07, 6.45) is 0. The minimum absolute atomic E-state index is 0.0741. The smallest absolute Gasteiger partial charge is 0.335 e. The quantitative estimate of drug-likeness (QED) is 0.728. The lowest BCUT2D eigenvalue weighted by Crippen LogP contribution is -1.93. The van der Waals surface area contributed by atoms with Gasteiger partial charge in [-0.15, -0.1) is 0 Å². The number of carboxylic acid groups (broad SMARTS) is 1. The van der Waals surface area contributed by atoms with E-state index in [1.165, 1.54) is 24.3 Å².